The summed E-state index contributed by atoms with van der Waals surface area (Å²) in [5.74, 6) is 0.823. The Balaban J connectivity index is 1.67. The molecule has 0 unspecified atom stereocenters. The SMILES string of the molecule is COc1cc(OC)cc(-c2nn(-c3cc(N4CC(NC(C)=O)C4)ccc3C(F)(F)F)c(=O)c3c2CCC3)c1. The average Bonchev–Trinajstić information content (AvgIpc) is 3.35. The van der Waals surface area contributed by atoms with E-state index in [9.17, 15) is 22.8 Å². The number of halogens is 3. The molecule has 1 saturated heterocycles. The van der Waals surface area contributed by atoms with E-state index in [0.29, 0.717) is 66.4 Å². The molecule has 0 spiro atoms. The Hall–Kier alpha value is -4.02. The molecule has 1 fully saturated rings. The van der Waals surface area contributed by atoms with Crippen LogP contribution in [0.4, 0.5) is 18.9 Å². The van der Waals surface area contributed by atoms with Gasteiger partial charge < -0.3 is 19.7 Å². The van der Waals surface area contributed by atoms with Crippen molar-refractivity contribution < 1.29 is 27.4 Å². The van der Waals surface area contributed by atoms with E-state index in [1.165, 1.54) is 33.3 Å². The van der Waals surface area contributed by atoms with Gasteiger partial charge in [0.05, 0.1) is 37.2 Å². The van der Waals surface area contributed by atoms with Gasteiger partial charge in [0, 0.05) is 42.9 Å². The van der Waals surface area contributed by atoms with Crippen LogP contribution in [0.25, 0.3) is 16.9 Å². The Morgan fingerprint density at radius 3 is 2.29 bits per heavy atom. The van der Waals surface area contributed by atoms with Gasteiger partial charge >= 0.3 is 6.18 Å². The number of alkyl halides is 3. The van der Waals surface area contributed by atoms with Crippen LogP contribution in [0.15, 0.2) is 41.2 Å². The monoisotopic (exact) mass is 528 g/mol. The van der Waals surface area contributed by atoms with Gasteiger partial charge in [-0.25, -0.2) is 0 Å². The number of nitrogens with one attached hydrogen (secondary N) is 1. The molecule has 0 radical (unpaired) electrons. The smallest absolute Gasteiger partial charge is 0.418 e. The summed E-state index contributed by atoms with van der Waals surface area (Å²) in [6, 6.07) is 8.75. The number of nitrogens with zero attached hydrogens (tertiary/aromatic N) is 3. The standard InChI is InChI=1S/C27H27F3N4O4/c1-15(35)31-17-13-33(14-17)18-7-8-23(27(28,29)30)24(11-18)34-26(36)22-6-4-5-21(22)25(32-34)16-9-19(37-2)12-20(10-16)38-3/h7-12,17H,4-6,13-14H2,1-3H3,(H,31,35). The van der Waals surface area contributed by atoms with Crippen LogP contribution in [0.3, 0.4) is 0 Å². The summed E-state index contributed by atoms with van der Waals surface area (Å²) in [7, 11) is 3.01. The van der Waals surface area contributed by atoms with Crippen LogP contribution in [-0.4, -0.2) is 49.0 Å². The highest BCUT2D eigenvalue weighted by molar-refractivity contribution is 5.74. The van der Waals surface area contributed by atoms with Crippen molar-refractivity contribution in [3.8, 4) is 28.4 Å². The maximum absolute atomic E-state index is 14.2. The van der Waals surface area contributed by atoms with Gasteiger partial charge in [-0.1, -0.05) is 0 Å². The fraction of sp³-hybridized carbons (Fsp3) is 0.370. The number of carbonyl (C=O) groups is 1. The molecule has 2 aliphatic rings. The van der Waals surface area contributed by atoms with E-state index in [1.54, 1.807) is 18.2 Å². The van der Waals surface area contributed by atoms with Crippen LogP contribution >= 0.6 is 0 Å². The van der Waals surface area contributed by atoms with Crippen LogP contribution in [0.5, 0.6) is 11.5 Å². The van der Waals surface area contributed by atoms with Gasteiger partial charge in [0.25, 0.3) is 5.56 Å². The second-order valence-corrected chi connectivity index (χ2v) is 9.48. The van der Waals surface area contributed by atoms with Gasteiger partial charge in [-0.2, -0.15) is 23.0 Å². The predicted octanol–water partition coefficient (Wildman–Crippen LogP) is 3.75. The zero-order valence-electron chi connectivity index (χ0n) is 21.2. The van der Waals surface area contributed by atoms with Crippen molar-refractivity contribution in [3.63, 3.8) is 0 Å². The average molecular weight is 529 g/mol. The number of rotatable bonds is 6. The molecule has 38 heavy (non-hydrogen) atoms. The minimum atomic E-state index is -4.71. The van der Waals surface area contributed by atoms with Gasteiger partial charge in [0.1, 0.15) is 11.5 Å². The summed E-state index contributed by atoms with van der Waals surface area (Å²) in [4.78, 5) is 26.7. The Bertz CT molecular complexity index is 1440. The number of fused-ring (bicyclic) bond motifs is 1. The number of ether oxygens (including phenoxy) is 2. The summed E-state index contributed by atoms with van der Waals surface area (Å²) in [6.07, 6.45) is -2.95. The molecule has 2 aromatic carbocycles. The topological polar surface area (TPSA) is 85.7 Å². The van der Waals surface area contributed by atoms with Crippen LogP contribution in [0.2, 0.25) is 0 Å². The van der Waals surface area contributed by atoms with Gasteiger partial charge in [0.15, 0.2) is 0 Å². The number of carbonyl (C=O) groups excluding carboxylic acids is 1. The minimum Gasteiger partial charge on any atom is -0.497 e. The Labute approximate surface area is 217 Å². The third-order valence-electron chi connectivity index (χ3n) is 6.95. The Kier molecular flexibility index (Phi) is 6.54. The highest BCUT2D eigenvalue weighted by Gasteiger charge is 2.37. The fourth-order valence-corrected chi connectivity index (χ4v) is 5.11. The predicted molar refractivity (Wildman–Crippen MR) is 135 cm³/mol. The highest BCUT2D eigenvalue weighted by Crippen LogP contribution is 2.38. The van der Waals surface area contributed by atoms with Crippen LogP contribution < -0.4 is 25.2 Å². The normalized spacial score (nSPS) is 15.2. The summed E-state index contributed by atoms with van der Waals surface area (Å²) >= 11 is 0. The van der Waals surface area contributed by atoms with Crippen LogP contribution in [0, 0.1) is 0 Å². The molecule has 1 aromatic heterocycles. The molecule has 200 valence electrons. The maximum Gasteiger partial charge on any atom is 0.418 e. The molecule has 1 amide bonds. The molecule has 8 nitrogen and oxygen atoms in total. The molecule has 1 aliphatic heterocycles. The summed E-state index contributed by atoms with van der Waals surface area (Å²) in [5, 5.41) is 7.32. The molecule has 2 heterocycles. The maximum atomic E-state index is 14.2. The number of hydrogen-bond acceptors (Lipinski definition) is 6. The van der Waals surface area contributed by atoms with Crippen molar-refractivity contribution >= 4 is 11.6 Å². The molecule has 0 saturated carbocycles. The molecule has 1 aliphatic carbocycles. The van der Waals surface area contributed by atoms with Gasteiger partial charge in [-0.05, 0) is 55.2 Å². The lowest BCUT2D eigenvalue weighted by atomic mass is 10.0. The largest absolute Gasteiger partial charge is 0.497 e. The first-order valence-corrected chi connectivity index (χ1v) is 12.2. The molecule has 11 heteroatoms. The van der Waals surface area contributed by atoms with Gasteiger partial charge in [-0.3, -0.25) is 9.59 Å². The molecule has 0 atom stereocenters. The minimum absolute atomic E-state index is 0.0891. The Morgan fingerprint density at radius 2 is 1.68 bits per heavy atom. The second-order valence-electron chi connectivity index (χ2n) is 9.48. The number of aromatic nitrogens is 2. The highest BCUT2D eigenvalue weighted by atomic mass is 19.4. The van der Waals surface area contributed by atoms with Crippen molar-refractivity contribution in [2.45, 2.75) is 38.4 Å². The number of hydrogen-bond donors (Lipinski definition) is 1. The van der Waals surface area contributed by atoms with Crippen molar-refractivity contribution in [3.05, 3.63) is 63.4 Å². The molecule has 3 aromatic rings. The van der Waals surface area contributed by atoms with Gasteiger partial charge in [-0.15, -0.1) is 0 Å². The van der Waals surface area contributed by atoms with E-state index >= 15 is 0 Å². The summed E-state index contributed by atoms with van der Waals surface area (Å²) in [5.41, 5.74) is 0.848. The molecule has 1 N–H and O–H groups in total. The second kappa shape index (κ2) is 9.70. The van der Waals surface area contributed by atoms with E-state index < -0.39 is 17.3 Å². The van der Waals surface area contributed by atoms with E-state index in [4.69, 9.17) is 9.47 Å². The lowest BCUT2D eigenvalue weighted by Gasteiger charge is -2.41. The molecular weight excluding hydrogens is 501 g/mol. The number of methoxy groups -OCH3 is 2. The van der Waals surface area contributed by atoms with Gasteiger partial charge in [0.2, 0.25) is 5.91 Å². The molecule has 0 bridgehead atoms. The number of anilines is 1. The summed E-state index contributed by atoms with van der Waals surface area (Å²) < 4.78 is 54.1. The lowest BCUT2D eigenvalue weighted by molar-refractivity contribution is -0.137. The lowest BCUT2D eigenvalue weighted by Crippen LogP contribution is -2.59. The molecular formula is C27H27F3N4O4. The van der Waals surface area contributed by atoms with E-state index in [0.717, 1.165) is 16.3 Å². The fourth-order valence-electron chi connectivity index (χ4n) is 5.11. The first kappa shape index (κ1) is 25.6. The summed E-state index contributed by atoms with van der Waals surface area (Å²) in [6.45, 7) is 2.32. The van der Waals surface area contributed by atoms with E-state index in [-0.39, 0.29) is 17.6 Å². The van der Waals surface area contributed by atoms with E-state index in [1.807, 2.05) is 4.90 Å². The third kappa shape index (κ3) is 4.68. The van der Waals surface area contributed by atoms with Crippen molar-refractivity contribution in [2.75, 3.05) is 32.2 Å². The number of amides is 1. The van der Waals surface area contributed by atoms with E-state index in [2.05, 4.69) is 10.4 Å². The number of benzene rings is 2. The van der Waals surface area contributed by atoms with Crippen LogP contribution in [0.1, 0.15) is 30.0 Å². The third-order valence-corrected chi connectivity index (χ3v) is 6.95. The van der Waals surface area contributed by atoms with Crippen molar-refractivity contribution in [1.29, 1.82) is 0 Å². The zero-order valence-corrected chi connectivity index (χ0v) is 21.2. The first-order chi connectivity index (χ1) is 18.1. The zero-order chi connectivity index (χ0) is 27.2. The van der Waals surface area contributed by atoms with Crippen molar-refractivity contribution in [2.24, 2.45) is 0 Å². The Morgan fingerprint density at radius 1 is 1.03 bits per heavy atom. The molecule has 5 rings (SSSR count). The first-order valence-electron chi connectivity index (χ1n) is 12.2. The van der Waals surface area contributed by atoms with Crippen LogP contribution in [-0.2, 0) is 23.8 Å². The quantitative estimate of drug-likeness (QED) is 0.525. The van der Waals surface area contributed by atoms with Crippen molar-refractivity contribution in [1.82, 2.24) is 15.1 Å².